The molecule has 7 nitrogen and oxygen atoms in total. The van der Waals surface area contributed by atoms with E-state index in [-0.39, 0.29) is 27.4 Å². The number of carbonyl (C=O) groups is 2. The van der Waals surface area contributed by atoms with Gasteiger partial charge in [0.25, 0.3) is 5.91 Å². The number of benzene rings is 2. The minimum absolute atomic E-state index is 0.0186. The van der Waals surface area contributed by atoms with Gasteiger partial charge in [0.15, 0.2) is 6.61 Å². The zero-order chi connectivity index (χ0) is 23.3. The van der Waals surface area contributed by atoms with Crippen LogP contribution in [-0.2, 0) is 26.1 Å². The van der Waals surface area contributed by atoms with Crippen molar-refractivity contribution in [2.24, 2.45) is 0 Å². The van der Waals surface area contributed by atoms with E-state index in [2.05, 4.69) is 0 Å². The third-order valence-electron chi connectivity index (χ3n) is 5.33. The van der Waals surface area contributed by atoms with E-state index >= 15 is 0 Å². The number of rotatable bonds is 8. The van der Waals surface area contributed by atoms with Crippen molar-refractivity contribution in [1.29, 1.82) is 0 Å². The molecule has 2 aromatic rings. The molecule has 0 atom stereocenters. The van der Waals surface area contributed by atoms with Crippen molar-refractivity contribution in [2.75, 3.05) is 19.7 Å². The number of esters is 1. The highest BCUT2D eigenvalue weighted by atomic mass is 35.5. The second kappa shape index (κ2) is 10.5. The molecule has 2 aromatic carbocycles. The summed E-state index contributed by atoms with van der Waals surface area (Å²) in [6.07, 6.45) is 1.61. The predicted molar refractivity (Wildman–Crippen MR) is 122 cm³/mol. The van der Waals surface area contributed by atoms with Crippen molar-refractivity contribution in [3.63, 3.8) is 0 Å². The average Bonchev–Trinajstić information content (AvgIpc) is 3.32. The first-order valence-electron chi connectivity index (χ1n) is 10.5. The summed E-state index contributed by atoms with van der Waals surface area (Å²) in [6.45, 7) is 4.58. The van der Waals surface area contributed by atoms with Gasteiger partial charge in [0.05, 0.1) is 15.5 Å². The second-order valence-corrected chi connectivity index (χ2v) is 10.3. The average molecular weight is 479 g/mol. The molecule has 1 aliphatic rings. The van der Waals surface area contributed by atoms with E-state index in [1.807, 2.05) is 44.2 Å². The van der Waals surface area contributed by atoms with E-state index in [0.717, 1.165) is 18.4 Å². The molecule has 0 N–H and O–H groups in total. The first-order valence-corrected chi connectivity index (χ1v) is 12.3. The van der Waals surface area contributed by atoms with E-state index in [4.69, 9.17) is 16.3 Å². The van der Waals surface area contributed by atoms with E-state index in [1.54, 1.807) is 4.90 Å². The number of sulfonamides is 1. The van der Waals surface area contributed by atoms with Crippen LogP contribution in [0.15, 0.2) is 53.4 Å². The van der Waals surface area contributed by atoms with Crippen molar-refractivity contribution in [3.05, 3.63) is 64.7 Å². The van der Waals surface area contributed by atoms with Crippen LogP contribution in [0.4, 0.5) is 0 Å². The molecule has 0 radical (unpaired) electrons. The zero-order valence-corrected chi connectivity index (χ0v) is 19.7. The largest absolute Gasteiger partial charge is 0.452 e. The molecule has 1 amide bonds. The van der Waals surface area contributed by atoms with Gasteiger partial charge in [0.1, 0.15) is 0 Å². The van der Waals surface area contributed by atoms with Crippen molar-refractivity contribution in [2.45, 2.75) is 44.2 Å². The molecule has 172 valence electrons. The summed E-state index contributed by atoms with van der Waals surface area (Å²) < 4.78 is 32.2. The molecule has 0 aliphatic carbocycles. The number of nitrogens with zero attached hydrogens (tertiary/aromatic N) is 2. The number of halogens is 1. The van der Waals surface area contributed by atoms with Gasteiger partial charge in [-0.1, -0.05) is 41.9 Å². The standard InChI is InChI=1S/C23H27ClN2O5S/c1-17(2)26(15-18-8-4-3-5-9-18)22(27)16-31-23(28)20-14-19(10-11-21(20)24)32(29,30)25-12-6-7-13-25/h3-5,8-11,14,17H,6-7,12-13,15-16H2,1-2H3. The maximum Gasteiger partial charge on any atom is 0.340 e. The summed E-state index contributed by atoms with van der Waals surface area (Å²) in [4.78, 5) is 26.9. The van der Waals surface area contributed by atoms with Crippen molar-refractivity contribution >= 4 is 33.5 Å². The van der Waals surface area contributed by atoms with E-state index in [9.17, 15) is 18.0 Å². The first kappa shape index (κ1) is 24.2. The van der Waals surface area contributed by atoms with Gasteiger partial charge in [-0.2, -0.15) is 4.31 Å². The van der Waals surface area contributed by atoms with Gasteiger partial charge >= 0.3 is 5.97 Å². The number of hydrogen-bond donors (Lipinski definition) is 0. The smallest absolute Gasteiger partial charge is 0.340 e. The topological polar surface area (TPSA) is 84.0 Å². The summed E-state index contributed by atoms with van der Waals surface area (Å²) in [5, 5.41) is 0.0628. The normalized spacial score (nSPS) is 14.5. The zero-order valence-electron chi connectivity index (χ0n) is 18.2. The Labute approximate surface area is 194 Å². The highest BCUT2D eigenvalue weighted by Crippen LogP contribution is 2.26. The molecule has 3 rings (SSSR count). The van der Waals surface area contributed by atoms with Gasteiger partial charge in [0.2, 0.25) is 10.0 Å². The Bertz CT molecular complexity index is 1070. The lowest BCUT2D eigenvalue weighted by atomic mass is 10.2. The van der Waals surface area contributed by atoms with Crippen LogP contribution < -0.4 is 0 Å². The Morgan fingerprint density at radius 3 is 2.38 bits per heavy atom. The molecule has 0 bridgehead atoms. The predicted octanol–water partition coefficient (Wildman–Crippen LogP) is 3.72. The number of ether oxygens (including phenoxy) is 1. The van der Waals surface area contributed by atoms with Gasteiger partial charge in [-0.05, 0) is 50.5 Å². The number of carbonyl (C=O) groups excluding carboxylic acids is 2. The monoisotopic (exact) mass is 478 g/mol. The Morgan fingerprint density at radius 1 is 1.09 bits per heavy atom. The lowest BCUT2D eigenvalue weighted by Crippen LogP contribution is -2.39. The highest BCUT2D eigenvalue weighted by molar-refractivity contribution is 7.89. The fourth-order valence-corrected chi connectivity index (χ4v) is 5.26. The Balaban J connectivity index is 1.70. The molecule has 1 fully saturated rings. The molecule has 1 heterocycles. The molecule has 0 aromatic heterocycles. The maximum atomic E-state index is 12.8. The summed E-state index contributed by atoms with van der Waals surface area (Å²) in [5.41, 5.74) is 0.877. The summed E-state index contributed by atoms with van der Waals surface area (Å²) in [6, 6.07) is 13.4. The van der Waals surface area contributed by atoms with Crippen LogP contribution in [0.3, 0.4) is 0 Å². The minimum Gasteiger partial charge on any atom is -0.452 e. The molecular weight excluding hydrogens is 452 g/mol. The fourth-order valence-electron chi connectivity index (χ4n) is 3.53. The molecule has 1 aliphatic heterocycles. The van der Waals surface area contributed by atoms with Crippen LogP contribution in [0.1, 0.15) is 42.6 Å². The van der Waals surface area contributed by atoms with E-state index in [1.165, 1.54) is 22.5 Å². The van der Waals surface area contributed by atoms with E-state index < -0.39 is 22.6 Å². The van der Waals surface area contributed by atoms with Crippen LogP contribution in [0.25, 0.3) is 0 Å². The lowest BCUT2D eigenvalue weighted by molar-refractivity contribution is -0.136. The van der Waals surface area contributed by atoms with Crippen LogP contribution in [-0.4, -0.2) is 55.2 Å². The molecule has 1 saturated heterocycles. The summed E-state index contributed by atoms with van der Waals surface area (Å²) in [5.74, 6) is -1.19. The Morgan fingerprint density at radius 2 is 1.75 bits per heavy atom. The van der Waals surface area contributed by atoms with Crippen LogP contribution in [0, 0.1) is 0 Å². The van der Waals surface area contributed by atoms with Crippen LogP contribution in [0.2, 0.25) is 5.02 Å². The van der Waals surface area contributed by atoms with Crippen LogP contribution in [0.5, 0.6) is 0 Å². The highest BCUT2D eigenvalue weighted by Gasteiger charge is 2.29. The quantitative estimate of drug-likeness (QED) is 0.540. The molecule has 0 unspecified atom stereocenters. The van der Waals surface area contributed by atoms with Gasteiger partial charge < -0.3 is 9.64 Å². The van der Waals surface area contributed by atoms with Crippen molar-refractivity contribution in [3.8, 4) is 0 Å². The lowest BCUT2D eigenvalue weighted by Gasteiger charge is -2.26. The Hall–Kier alpha value is -2.42. The molecule has 0 saturated carbocycles. The molecule has 0 spiro atoms. The molecular formula is C23H27ClN2O5S. The van der Waals surface area contributed by atoms with E-state index in [0.29, 0.717) is 19.6 Å². The minimum atomic E-state index is -3.71. The van der Waals surface area contributed by atoms with Crippen molar-refractivity contribution < 1.29 is 22.7 Å². The van der Waals surface area contributed by atoms with Crippen molar-refractivity contribution in [1.82, 2.24) is 9.21 Å². The van der Waals surface area contributed by atoms with Gasteiger partial charge in [-0.25, -0.2) is 13.2 Å². The summed E-state index contributed by atoms with van der Waals surface area (Å²) in [7, 11) is -3.71. The number of hydrogen-bond acceptors (Lipinski definition) is 5. The van der Waals surface area contributed by atoms with Gasteiger partial charge in [0, 0.05) is 25.7 Å². The molecule has 9 heteroatoms. The summed E-state index contributed by atoms with van der Waals surface area (Å²) >= 11 is 6.13. The maximum absolute atomic E-state index is 12.8. The van der Waals surface area contributed by atoms with Crippen LogP contribution >= 0.6 is 11.6 Å². The fraction of sp³-hybridized carbons (Fsp3) is 0.391. The second-order valence-electron chi connectivity index (χ2n) is 7.93. The first-order chi connectivity index (χ1) is 15.2. The third-order valence-corrected chi connectivity index (χ3v) is 7.55. The molecule has 32 heavy (non-hydrogen) atoms. The number of amides is 1. The Kier molecular flexibility index (Phi) is 7.92. The van der Waals surface area contributed by atoms with Gasteiger partial charge in [-0.3, -0.25) is 4.79 Å². The SMILES string of the molecule is CC(C)N(Cc1ccccc1)C(=O)COC(=O)c1cc(S(=O)(=O)N2CCCC2)ccc1Cl. The van der Waals surface area contributed by atoms with Gasteiger partial charge in [-0.15, -0.1) is 0 Å². The third kappa shape index (κ3) is 5.68.